The minimum Gasteiger partial charge on any atom is -0.492 e. The molecule has 1 heterocycles. The molecule has 0 radical (unpaired) electrons. The number of hydrogen-bond donors (Lipinski definition) is 0. The van der Waals surface area contributed by atoms with Crippen molar-refractivity contribution in [1.29, 1.82) is 0 Å². The summed E-state index contributed by atoms with van der Waals surface area (Å²) in [6.07, 6.45) is 0.653. The standard InChI is InChI=1S/C16H23NO4S2/c1-13-3-5-14(6-4-13)21-9-8-17(2)16(18)11-22-15-7-10-23(19,20)12-15/h3-6,15H,7-12H2,1-2H3. The van der Waals surface area contributed by atoms with Crippen LogP contribution in [0.3, 0.4) is 0 Å². The van der Waals surface area contributed by atoms with E-state index in [1.165, 1.54) is 17.3 Å². The van der Waals surface area contributed by atoms with Crippen LogP contribution in [0.1, 0.15) is 12.0 Å². The van der Waals surface area contributed by atoms with Gasteiger partial charge in [-0.25, -0.2) is 8.42 Å². The first kappa shape index (κ1) is 18.1. The van der Waals surface area contributed by atoms with Crippen molar-refractivity contribution in [3.63, 3.8) is 0 Å². The lowest BCUT2D eigenvalue weighted by Gasteiger charge is -2.18. The molecule has 0 spiro atoms. The van der Waals surface area contributed by atoms with E-state index in [2.05, 4.69) is 0 Å². The molecule has 0 aromatic heterocycles. The van der Waals surface area contributed by atoms with Crippen molar-refractivity contribution in [2.45, 2.75) is 18.6 Å². The third-order valence-electron chi connectivity index (χ3n) is 3.78. The summed E-state index contributed by atoms with van der Waals surface area (Å²) >= 11 is 1.44. The molecule has 1 atom stereocenters. The van der Waals surface area contributed by atoms with Crippen LogP contribution in [0.25, 0.3) is 0 Å². The quantitative estimate of drug-likeness (QED) is 0.744. The molecule has 7 heteroatoms. The van der Waals surface area contributed by atoms with Crippen LogP contribution in [0.4, 0.5) is 0 Å². The highest BCUT2D eigenvalue weighted by atomic mass is 32.2. The zero-order valence-corrected chi connectivity index (χ0v) is 15.2. The summed E-state index contributed by atoms with van der Waals surface area (Å²) in [6.45, 7) is 2.97. The molecule has 23 heavy (non-hydrogen) atoms. The summed E-state index contributed by atoms with van der Waals surface area (Å²) in [5.74, 6) is 1.57. The van der Waals surface area contributed by atoms with E-state index in [0.717, 1.165) is 5.75 Å². The van der Waals surface area contributed by atoms with Gasteiger partial charge in [0.25, 0.3) is 0 Å². The van der Waals surface area contributed by atoms with E-state index in [1.54, 1.807) is 11.9 Å². The number of hydrogen-bond acceptors (Lipinski definition) is 5. The molecule has 0 aliphatic carbocycles. The minimum absolute atomic E-state index is 0.00630. The number of amides is 1. The molecule has 1 unspecified atom stereocenters. The predicted octanol–water partition coefficient (Wildman–Crippen LogP) is 1.75. The van der Waals surface area contributed by atoms with Crippen molar-refractivity contribution in [1.82, 2.24) is 4.90 Å². The maximum Gasteiger partial charge on any atom is 0.232 e. The Labute approximate surface area is 142 Å². The first-order valence-corrected chi connectivity index (χ1v) is 10.5. The van der Waals surface area contributed by atoms with Gasteiger partial charge in [-0.3, -0.25) is 4.79 Å². The van der Waals surface area contributed by atoms with Crippen LogP contribution in [0.15, 0.2) is 24.3 Å². The first-order chi connectivity index (χ1) is 10.9. The Bertz CT molecular complexity index is 628. The average Bonchev–Trinajstić information content (AvgIpc) is 2.86. The van der Waals surface area contributed by atoms with Gasteiger partial charge in [0.15, 0.2) is 9.84 Å². The van der Waals surface area contributed by atoms with Crippen LogP contribution in [0.2, 0.25) is 0 Å². The number of carbonyl (C=O) groups excluding carboxylic acids is 1. The van der Waals surface area contributed by atoms with Crippen LogP contribution >= 0.6 is 11.8 Å². The molecule has 1 aromatic carbocycles. The summed E-state index contributed by atoms with van der Waals surface area (Å²) in [5.41, 5.74) is 1.18. The van der Waals surface area contributed by atoms with E-state index in [4.69, 9.17) is 4.74 Å². The predicted molar refractivity (Wildman–Crippen MR) is 93.8 cm³/mol. The average molecular weight is 357 g/mol. The highest BCUT2D eigenvalue weighted by Gasteiger charge is 2.28. The van der Waals surface area contributed by atoms with Gasteiger partial charge >= 0.3 is 0 Å². The monoisotopic (exact) mass is 357 g/mol. The third kappa shape index (κ3) is 6.06. The van der Waals surface area contributed by atoms with E-state index < -0.39 is 9.84 Å². The summed E-state index contributed by atoms with van der Waals surface area (Å²) in [4.78, 5) is 13.7. The van der Waals surface area contributed by atoms with Crippen molar-refractivity contribution in [3.8, 4) is 5.75 Å². The van der Waals surface area contributed by atoms with Crippen molar-refractivity contribution < 1.29 is 17.9 Å². The van der Waals surface area contributed by atoms with E-state index in [0.29, 0.717) is 25.3 Å². The number of ether oxygens (including phenoxy) is 1. The Kier molecular flexibility index (Phi) is 6.35. The number of thioether (sulfide) groups is 1. The molecule has 2 rings (SSSR count). The highest BCUT2D eigenvalue weighted by molar-refractivity contribution is 8.02. The van der Waals surface area contributed by atoms with Crippen LogP contribution < -0.4 is 4.74 Å². The molecule has 1 amide bonds. The van der Waals surface area contributed by atoms with Crippen LogP contribution in [0.5, 0.6) is 5.75 Å². The van der Waals surface area contributed by atoms with Gasteiger partial charge in [0.2, 0.25) is 5.91 Å². The lowest BCUT2D eigenvalue weighted by molar-refractivity contribution is -0.127. The van der Waals surface area contributed by atoms with Crippen molar-refractivity contribution >= 4 is 27.5 Å². The zero-order chi connectivity index (χ0) is 16.9. The fourth-order valence-corrected chi connectivity index (χ4v) is 5.83. The Hall–Kier alpha value is -1.21. The second kappa shape index (κ2) is 8.06. The van der Waals surface area contributed by atoms with Gasteiger partial charge in [-0.15, -0.1) is 11.8 Å². The largest absolute Gasteiger partial charge is 0.492 e. The summed E-state index contributed by atoms with van der Waals surface area (Å²) in [6, 6.07) is 7.79. The number of sulfone groups is 1. The van der Waals surface area contributed by atoms with Gasteiger partial charge in [0.05, 0.1) is 23.8 Å². The van der Waals surface area contributed by atoms with Gasteiger partial charge in [0.1, 0.15) is 12.4 Å². The smallest absolute Gasteiger partial charge is 0.232 e. The Balaban J connectivity index is 1.65. The Morgan fingerprint density at radius 1 is 1.35 bits per heavy atom. The molecule has 128 valence electrons. The molecular formula is C16H23NO4S2. The van der Waals surface area contributed by atoms with Gasteiger partial charge in [0, 0.05) is 12.3 Å². The van der Waals surface area contributed by atoms with Crippen LogP contribution in [0, 0.1) is 6.92 Å². The summed E-state index contributed by atoms with van der Waals surface area (Å²) in [7, 11) is -1.13. The Morgan fingerprint density at radius 3 is 2.65 bits per heavy atom. The third-order valence-corrected chi connectivity index (χ3v) is 7.04. The maximum atomic E-state index is 12.0. The minimum atomic E-state index is -2.88. The number of benzene rings is 1. The van der Waals surface area contributed by atoms with Crippen molar-refractivity contribution in [3.05, 3.63) is 29.8 Å². The van der Waals surface area contributed by atoms with Gasteiger partial charge < -0.3 is 9.64 Å². The fraction of sp³-hybridized carbons (Fsp3) is 0.562. The van der Waals surface area contributed by atoms with Gasteiger partial charge in [-0.1, -0.05) is 17.7 Å². The molecule has 0 bridgehead atoms. The molecule has 5 nitrogen and oxygen atoms in total. The van der Waals surface area contributed by atoms with E-state index in [1.807, 2.05) is 31.2 Å². The summed E-state index contributed by atoms with van der Waals surface area (Å²) in [5, 5.41) is 0.0566. The van der Waals surface area contributed by atoms with E-state index in [9.17, 15) is 13.2 Å². The highest BCUT2D eigenvalue weighted by Crippen LogP contribution is 2.24. The lowest BCUT2D eigenvalue weighted by atomic mass is 10.2. The molecule has 1 aliphatic heterocycles. The molecule has 1 aliphatic rings. The van der Waals surface area contributed by atoms with Crippen LogP contribution in [-0.4, -0.2) is 61.9 Å². The number of nitrogens with zero attached hydrogens (tertiary/aromatic N) is 1. The van der Waals surface area contributed by atoms with Gasteiger partial charge in [-0.2, -0.15) is 0 Å². The molecule has 1 fully saturated rings. The number of rotatable bonds is 7. The maximum absolute atomic E-state index is 12.0. The van der Waals surface area contributed by atoms with Crippen molar-refractivity contribution in [2.75, 3.05) is 37.5 Å². The SMILES string of the molecule is Cc1ccc(OCCN(C)C(=O)CSC2CCS(=O)(=O)C2)cc1. The molecule has 0 saturated carbocycles. The molecule has 1 aromatic rings. The topological polar surface area (TPSA) is 63.7 Å². The molecule has 1 saturated heterocycles. The second-order valence-electron chi connectivity index (χ2n) is 5.81. The Morgan fingerprint density at radius 2 is 2.04 bits per heavy atom. The van der Waals surface area contributed by atoms with Gasteiger partial charge in [-0.05, 0) is 25.5 Å². The lowest BCUT2D eigenvalue weighted by Crippen LogP contribution is -2.32. The first-order valence-electron chi connectivity index (χ1n) is 7.61. The number of likely N-dealkylation sites (N-methyl/N-ethyl adjacent to an activating group) is 1. The molecular weight excluding hydrogens is 334 g/mol. The number of aryl methyl sites for hydroxylation is 1. The molecule has 0 N–H and O–H groups in total. The van der Waals surface area contributed by atoms with Crippen molar-refractivity contribution in [2.24, 2.45) is 0 Å². The number of carbonyl (C=O) groups is 1. The van der Waals surface area contributed by atoms with E-state index >= 15 is 0 Å². The summed E-state index contributed by atoms with van der Waals surface area (Å²) < 4.78 is 28.4. The second-order valence-corrected chi connectivity index (χ2v) is 9.33. The van der Waals surface area contributed by atoms with E-state index in [-0.39, 0.29) is 22.7 Å². The normalized spacial score (nSPS) is 19.5. The zero-order valence-electron chi connectivity index (χ0n) is 13.5. The fourth-order valence-electron chi connectivity index (χ4n) is 2.25. The van der Waals surface area contributed by atoms with Crippen LogP contribution in [-0.2, 0) is 14.6 Å².